The van der Waals surface area contributed by atoms with Crippen LogP contribution in [0, 0.1) is 6.92 Å². The largest absolute Gasteiger partial charge is 0.347 e. The Hall–Kier alpha value is -2.23. The van der Waals surface area contributed by atoms with E-state index in [1.54, 1.807) is 31.3 Å². The minimum Gasteiger partial charge on any atom is -0.299 e. The Bertz CT molecular complexity index is 603. The number of benzene rings is 1. The van der Waals surface area contributed by atoms with Gasteiger partial charge in [0.05, 0.1) is 0 Å². The molecule has 1 aromatic carbocycles. The van der Waals surface area contributed by atoms with Crippen molar-refractivity contribution >= 4 is 5.78 Å². The van der Waals surface area contributed by atoms with E-state index in [0.717, 1.165) is 0 Å². The Labute approximate surface area is 105 Å². The van der Waals surface area contributed by atoms with E-state index < -0.39 is 0 Å². The molecule has 0 saturated carbocycles. The molecule has 18 heavy (non-hydrogen) atoms. The summed E-state index contributed by atoms with van der Waals surface area (Å²) < 4.78 is 1.45. The van der Waals surface area contributed by atoms with Gasteiger partial charge in [-0.2, -0.15) is 4.98 Å². The van der Waals surface area contributed by atoms with E-state index in [1.165, 1.54) is 4.57 Å². The van der Waals surface area contributed by atoms with Crippen LogP contribution in [-0.4, -0.2) is 15.3 Å². The SMILES string of the molecule is Cc1ccn(CCC(=O)c2ccccc2)c(=O)n1. The number of carbonyl (C=O) groups excluding carboxylic acids is 1. The molecule has 0 aliphatic heterocycles. The van der Waals surface area contributed by atoms with Gasteiger partial charge >= 0.3 is 5.69 Å². The molecule has 2 aromatic rings. The second kappa shape index (κ2) is 5.40. The summed E-state index contributed by atoms with van der Waals surface area (Å²) in [5.74, 6) is 0.0306. The van der Waals surface area contributed by atoms with Crippen molar-refractivity contribution in [3.63, 3.8) is 0 Å². The van der Waals surface area contributed by atoms with Crippen LogP contribution in [0.15, 0.2) is 47.4 Å². The second-order valence-electron chi connectivity index (χ2n) is 4.08. The molecule has 0 bridgehead atoms. The van der Waals surface area contributed by atoms with Crippen LogP contribution in [0.5, 0.6) is 0 Å². The maximum atomic E-state index is 11.9. The minimum absolute atomic E-state index is 0.0306. The molecule has 0 atom stereocenters. The van der Waals surface area contributed by atoms with Crippen molar-refractivity contribution < 1.29 is 4.79 Å². The van der Waals surface area contributed by atoms with Crippen LogP contribution in [0.25, 0.3) is 0 Å². The molecule has 4 heteroatoms. The fourth-order valence-corrected chi connectivity index (χ4v) is 1.67. The molecule has 92 valence electrons. The lowest BCUT2D eigenvalue weighted by molar-refractivity contribution is 0.0976. The van der Waals surface area contributed by atoms with Crippen LogP contribution in [0.2, 0.25) is 0 Å². The topological polar surface area (TPSA) is 52.0 Å². The Morgan fingerprint density at radius 1 is 1.22 bits per heavy atom. The second-order valence-corrected chi connectivity index (χ2v) is 4.08. The Morgan fingerprint density at radius 2 is 1.94 bits per heavy atom. The minimum atomic E-state index is -0.309. The zero-order chi connectivity index (χ0) is 13.0. The fraction of sp³-hybridized carbons (Fsp3) is 0.214. The number of aryl methyl sites for hydroxylation is 2. The summed E-state index contributed by atoms with van der Waals surface area (Å²) in [5.41, 5.74) is 1.05. The van der Waals surface area contributed by atoms with E-state index in [9.17, 15) is 9.59 Å². The maximum Gasteiger partial charge on any atom is 0.347 e. The highest BCUT2D eigenvalue weighted by molar-refractivity contribution is 5.95. The molecule has 4 nitrogen and oxygen atoms in total. The first-order chi connectivity index (χ1) is 8.66. The Morgan fingerprint density at radius 3 is 2.61 bits per heavy atom. The van der Waals surface area contributed by atoms with Gasteiger partial charge in [-0.1, -0.05) is 30.3 Å². The standard InChI is InChI=1S/C14H14N2O2/c1-11-7-9-16(14(18)15-11)10-8-13(17)12-5-3-2-4-6-12/h2-7,9H,8,10H2,1H3. The van der Waals surface area contributed by atoms with Gasteiger partial charge in [0.25, 0.3) is 0 Å². The Kier molecular flexibility index (Phi) is 3.67. The average molecular weight is 242 g/mol. The normalized spacial score (nSPS) is 10.3. The first-order valence-corrected chi connectivity index (χ1v) is 5.79. The van der Waals surface area contributed by atoms with Crippen LogP contribution in [0.4, 0.5) is 0 Å². The predicted molar refractivity (Wildman–Crippen MR) is 68.6 cm³/mol. The zero-order valence-electron chi connectivity index (χ0n) is 10.2. The molecule has 0 saturated heterocycles. The third kappa shape index (κ3) is 2.91. The van der Waals surface area contributed by atoms with Gasteiger partial charge in [0, 0.05) is 30.4 Å². The van der Waals surface area contributed by atoms with Crippen LogP contribution < -0.4 is 5.69 Å². The number of hydrogen-bond donors (Lipinski definition) is 0. The quantitative estimate of drug-likeness (QED) is 0.768. The summed E-state index contributed by atoms with van der Waals surface area (Å²) in [5, 5.41) is 0. The first kappa shape index (κ1) is 12.2. The summed E-state index contributed by atoms with van der Waals surface area (Å²) in [6.07, 6.45) is 1.97. The van der Waals surface area contributed by atoms with Crippen molar-refractivity contribution in [2.24, 2.45) is 0 Å². The molecule has 0 unspecified atom stereocenters. The Balaban J connectivity index is 2.04. The number of Topliss-reactive ketones (excluding diaryl/α,β-unsaturated/α-hetero) is 1. The zero-order valence-corrected chi connectivity index (χ0v) is 10.2. The van der Waals surface area contributed by atoms with Gasteiger partial charge in [0.2, 0.25) is 0 Å². The predicted octanol–water partition coefficient (Wildman–Crippen LogP) is 1.82. The van der Waals surface area contributed by atoms with E-state index in [4.69, 9.17) is 0 Å². The number of nitrogens with zero attached hydrogens (tertiary/aromatic N) is 2. The third-order valence-electron chi connectivity index (χ3n) is 2.69. The van der Waals surface area contributed by atoms with Crippen LogP contribution in [-0.2, 0) is 6.54 Å². The van der Waals surface area contributed by atoms with Crippen LogP contribution in [0.1, 0.15) is 22.5 Å². The van der Waals surface area contributed by atoms with Crippen molar-refractivity contribution in [3.05, 3.63) is 64.3 Å². The van der Waals surface area contributed by atoms with Gasteiger partial charge in [-0.3, -0.25) is 9.36 Å². The number of ketones is 1. The summed E-state index contributed by atoms with van der Waals surface area (Å²) >= 11 is 0. The molecule has 0 amide bonds. The monoisotopic (exact) mass is 242 g/mol. The van der Waals surface area contributed by atoms with Gasteiger partial charge in [-0.05, 0) is 13.0 Å². The van der Waals surface area contributed by atoms with Crippen molar-refractivity contribution in [1.29, 1.82) is 0 Å². The van der Waals surface area contributed by atoms with Gasteiger partial charge in [-0.15, -0.1) is 0 Å². The lowest BCUT2D eigenvalue weighted by atomic mass is 10.1. The number of carbonyl (C=O) groups is 1. The van der Waals surface area contributed by atoms with Crippen molar-refractivity contribution in [2.75, 3.05) is 0 Å². The summed E-state index contributed by atoms with van der Waals surface area (Å²) in [6.45, 7) is 2.13. The fourth-order valence-electron chi connectivity index (χ4n) is 1.67. The molecule has 0 spiro atoms. The van der Waals surface area contributed by atoms with Gasteiger partial charge in [-0.25, -0.2) is 4.79 Å². The number of hydrogen-bond acceptors (Lipinski definition) is 3. The van der Waals surface area contributed by atoms with Gasteiger partial charge in [0.1, 0.15) is 0 Å². The maximum absolute atomic E-state index is 11.9. The first-order valence-electron chi connectivity index (χ1n) is 5.79. The number of rotatable bonds is 4. The molecule has 0 aliphatic carbocycles. The van der Waals surface area contributed by atoms with Gasteiger partial charge < -0.3 is 0 Å². The average Bonchev–Trinajstić information content (AvgIpc) is 2.38. The summed E-state index contributed by atoms with van der Waals surface area (Å²) in [7, 11) is 0. The highest BCUT2D eigenvalue weighted by Crippen LogP contribution is 2.03. The molecule has 0 radical (unpaired) electrons. The molecule has 0 fully saturated rings. The molecule has 0 aliphatic rings. The highest BCUT2D eigenvalue weighted by atomic mass is 16.1. The highest BCUT2D eigenvalue weighted by Gasteiger charge is 2.06. The van der Waals surface area contributed by atoms with E-state index in [0.29, 0.717) is 24.2 Å². The van der Waals surface area contributed by atoms with Crippen molar-refractivity contribution in [1.82, 2.24) is 9.55 Å². The van der Waals surface area contributed by atoms with E-state index in [2.05, 4.69) is 4.98 Å². The third-order valence-corrected chi connectivity index (χ3v) is 2.69. The van der Waals surface area contributed by atoms with Gasteiger partial charge in [0.15, 0.2) is 5.78 Å². The smallest absolute Gasteiger partial charge is 0.299 e. The molecular weight excluding hydrogens is 228 g/mol. The van der Waals surface area contributed by atoms with Crippen LogP contribution in [0.3, 0.4) is 0 Å². The van der Waals surface area contributed by atoms with Crippen molar-refractivity contribution in [3.8, 4) is 0 Å². The lowest BCUT2D eigenvalue weighted by Crippen LogP contribution is -2.23. The van der Waals surface area contributed by atoms with E-state index in [1.807, 2.05) is 18.2 Å². The van der Waals surface area contributed by atoms with Crippen molar-refractivity contribution in [2.45, 2.75) is 19.9 Å². The molecule has 2 rings (SSSR count). The molecular formula is C14H14N2O2. The lowest BCUT2D eigenvalue weighted by Gasteiger charge is -2.04. The molecule has 1 aromatic heterocycles. The molecule has 0 N–H and O–H groups in total. The molecule has 1 heterocycles. The van der Waals surface area contributed by atoms with E-state index in [-0.39, 0.29) is 11.5 Å². The van der Waals surface area contributed by atoms with Crippen LogP contribution >= 0.6 is 0 Å². The number of aromatic nitrogens is 2. The van der Waals surface area contributed by atoms with E-state index >= 15 is 0 Å². The summed E-state index contributed by atoms with van der Waals surface area (Å²) in [6, 6.07) is 10.8. The summed E-state index contributed by atoms with van der Waals surface area (Å²) in [4.78, 5) is 27.2.